The van der Waals surface area contributed by atoms with Gasteiger partial charge in [0.15, 0.2) is 5.13 Å². The van der Waals surface area contributed by atoms with Crippen LogP contribution in [-0.4, -0.2) is 91.0 Å². The third kappa shape index (κ3) is 5.74. The van der Waals surface area contributed by atoms with E-state index in [9.17, 15) is 29.1 Å². The Kier molecular flexibility index (Phi) is 7.77. The average molecular weight is 553 g/mol. The third-order valence-electron chi connectivity index (χ3n) is 5.90. The molecule has 4 atom stereocenters. The van der Waals surface area contributed by atoms with Gasteiger partial charge < -0.3 is 30.6 Å². The second-order valence-electron chi connectivity index (χ2n) is 8.79. The van der Waals surface area contributed by atoms with Crippen molar-refractivity contribution in [3.63, 3.8) is 0 Å². The van der Waals surface area contributed by atoms with E-state index >= 15 is 0 Å². The number of carboxylic acid groups (broad SMARTS) is 1. The fourth-order valence-corrected chi connectivity index (χ4v) is 5.87. The Bertz CT molecular complexity index is 1190. The van der Waals surface area contributed by atoms with E-state index in [0.29, 0.717) is 6.42 Å². The summed E-state index contributed by atoms with van der Waals surface area (Å²) in [6, 6.07) is -0.947. The van der Waals surface area contributed by atoms with E-state index in [1.807, 2.05) is 12.2 Å². The van der Waals surface area contributed by atoms with Crippen molar-refractivity contribution in [3.05, 3.63) is 18.0 Å². The number of carbonyl (C=O) groups excluding carboxylic acids is 4. The molecule has 0 bridgehead atoms. The Morgan fingerprint density at radius 1 is 1.38 bits per heavy atom. The van der Waals surface area contributed by atoms with E-state index in [1.54, 1.807) is 0 Å². The molecule has 4 rings (SSSR count). The number of nitrogens with two attached hydrogens (primary N) is 1. The predicted octanol–water partition coefficient (Wildman–Crippen LogP) is -0.447. The first-order valence-corrected chi connectivity index (χ1v) is 13.0. The summed E-state index contributed by atoms with van der Waals surface area (Å²) in [7, 11) is 0. The monoisotopic (exact) mass is 552 g/mol. The number of carbonyl (C=O) groups is 5. The molecule has 2 fully saturated rings. The number of Topliss-reactive ketones (excluding diaryl/α,β-unsaturated/α-hetero) is 1. The number of aliphatic carboxylic acids is 1. The summed E-state index contributed by atoms with van der Waals surface area (Å²) in [5.41, 5.74) is 3.86. The number of ether oxygens (including phenoxy) is 1. The summed E-state index contributed by atoms with van der Waals surface area (Å²) >= 11 is 2.01. The van der Waals surface area contributed by atoms with Gasteiger partial charge in [-0.1, -0.05) is 11.2 Å². The molecular weight excluding hydrogens is 528 g/mol. The standard InChI is InChI=1S/C21H24N6O8S2/c1-10(28)6-12(29)34-8-21(19(32)33)7-27-17(31)14(18(27)36-9-21)23-16(30)13(15-24-20(22)37-26-15)25-35-11-4-2-3-5-11/h2,4,11,14,18H,3,5-9H2,1H3,(H,23,30)(H,32,33)(H2,22,24,26)/t11?,14?,18-,21?/m1/s1. The summed E-state index contributed by atoms with van der Waals surface area (Å²) in [5, 5.41) is 16.0. The summed E-state index contributed by atoms with van der Waals surface area (Å²) in [6.07, 6.45) is 4.51. The summed E-state index contributed by atoms with van der Waals surface area (Å²) in [4.78, 5) is 71.6. The topological polar surface area (TPSA) is 203 Å². The van der Waals surface area contributed by atoms with Crippen LogP contribution < -0.4 is 11.1 Å². The number of oxime groups is 1. The fourth-order valence-electron chi connectivity index (χ4n) is 3.92. The molecule has 37 heavy (non-hydrogen) atoms. The lowest BCUT2D eigenvalue weighted by Gasteiger charge is -2.53. The van der Waals surface area contributed by atoms with Crippen LogP contribution in [-0.2, 0) is 33.5 Å². The number of rotatable bonds is 10. The van der Waals surface area contributed by atoms with Crippen LogP contribution in [0.25, 0.3) is 0 Å². The van der Waals surface area contributed by atoms with Gasteiger partial charge in [0.05, 0.1) is 0 Å². The maximum atomic E-state index is 13.1. The lowest BCUT2D eigenvalue weighted by Crippen LogP contribution is -2.74. The normalized spacial score (nSPS) is 26.7. The van der Waals surface area contributed by atoms with Crippen molar-refractivity contribution in [2.75, 3.05) is 24.6 Å². The lowest BCUT2D eigenvalue weighted by atomic mass is 9.88. The van der Waals surface area contributed by atoms with Gasteiger partial charge in [0.1, 0.15) is 41.7 Å². The zero-order valence-corrected chi connectivity index (χ0v) is 21.3. The van der Waals surface area contributed by atoms with Crippen LogP contribution in [0.4, 0.5) is 5.13 Å². The Balaban J connectivity index is 1.42. The minimum atomic E-state index is -1.55. The molecule has 0 aromatic carbocycles. The molecule has 0 spiro atoms. The molecule has 4 N–H and O–H groups in total. The van der Waals surface area contributed by atoms with E-state index < -0.39 is 59.4 Å². The van der Waals surface area contributed by atoms with E-state index in [1.165, 1.54) is 11.8 Å². The third-order valence-corrected chi connectivity index (χ3v) is 8.03. The van der Waals surface area contributed by atoms with E-state index in [-0.39, 0.29) is 35.1 Å². The number of thioether (sulfide) groups is 1. The SMILES string of the molecule is CC(=O)CC(=O)OCC1(C(=O)O)CS[C@@H]2C(NC(=O)C(=NOC3C=CCC3)c3nsc(N)n3)C(=O)N2C1. The quantitative estimate of drug-likeness (QED) is 0.0843. The Hall–Kier alpha value is -3.53. The largest absolute Gasteiger partial charge is 0.481 e. The molecule has 0 radical (unpaired) electrons. The average Bonchev–Trinajstić information content (AvgIpc) is 3.52. The molecule has 1 aromatic heterocycles. The second kappa shape index (κ2) is 10.8. The van der Waals surface area contributed by atoms with Gasteiger partial charge in [0.25, 0.3) is 5.91 Å². The highest BCUT2D eigenvalue weighted by molar-refractivity contribution is 8.00. The number of ketones is 1. The number of carboxylic acids is 1. The first kappa shape index (κ1) is 26.5. The summed E-state index contributed by atoms with van der Waals surface area (Å²) < 4.78 is 9.04. The van der Waals surface area contributed by atoms with Crippen LogP contribution in [0.15, 0.2) is 17.3 Å². The van der Waals surface area contributed by atoms with Crippen LogP contribution in [0.5, 0.6) is 0 Å². The summed E-state index contributed by atoms with van der Waals surface area (Å²) in [6.45, 7) is 0.506. The zero-order valence-electron chi connectivity index (χ0n) is 19.6. The van der Waals surface area contributed by atoms with Gasteiger partial charge in [0.2, 0.25) is 17.4 Å². The number of amides is 2. The number of nitrogen functional groups attached to an aromatic ring is 1. The molecule has 16 heteroatoms. The van der Waals surface area contributed by atoms with Gasteiger partial charge in [-0.3, -0.25) is 24.0 Å². The second-order valence-corrected chi connectivity index (χ2v) is 10.7. The minimum Gasteiger partial charge on any atom is -0.481 e. The smallest absolute Gasteiger partial charge is 0.315 e. The van der Waals surface area contributed by atoms with Crippen LogP contribution in [0.1, 0.15) is 32.0 Å². The van der Waals surface area contributed by atoms with Crippen molar-refractivity contribution < 1.29 is 38.7 Å². The molecule has 0 saturated carbocycles. The molecule has 3 unspecified atom stereocenters. The van der Waals surface area contributed by atoms with Crippen LogP contribution in [0.3, 0.4) is 0 Å². The minimum absolute atomic E-state index is 0.0126. The molecule has 3 heterocycles. The van der Waals surface area contributed by atoms with Crippen molar-refractivity contribution in [1.29, 1.82) is 0 Å². The van der Waals surface area contributed by atoms with Gasteiger partial charge in [-0.2, -0.15) is 9.36 Å². The maximum absolute atomic E-state index is 13.1. The number of fused-ring (bicyclic) bond motifs is 1. The van der Waals surface area contributed by atoms with Crippen LogP contribution in [0, 0.1) is 5.41 Å². The number of anilines is 1. The van der Waals surface area contributed by atoms with E-state index in [2.05, 4.69) is 19.8 Å². The molecule has 2 aliphatic heterocycles. The number of aromatic nitrogens is 2. The van der Waals surface area contributed by atoms with Crippen molar-refractivity contribution in [2.24, 2.45) is 10.6 Å². The molecule has 3 aliphatic rings. The predicted molar refractivity (Wildman–Crippen MR) is 130 cm³/mol. The number of hydrogen-bond donors (Lipinski definition) is 3. The summed E-state index contributed by atoms with van der Waals surface area (Å²) in [5.74, 6) is -3.76. The van der Waals surface area contributed by atoms with Crippen molar-refractivity contribution in [2.45, 2.75) is 43.7 Å². The highest BCUT2D eigenvalue weighted by Crippen LogP contribution is 2.42. The van der Waals surface area contributed by atoms with Gasteiger partial charge in [-0.25, -0.2) is 0 Å². The first-order chi connectivity index (χ1) is 17.6. The highest BCUT2D eigenvalue weighted by atomic mass is 32.2. The molecular formula is C21H24N6O8S2. The van der Waals surface area contributed by atoms with Gasteiger partial charge >= 0.3 is 11.9 Å². The first-order valence-electron chi connectivity index (χ1n) is 11.2. The zero-order chi connectivity index (χ0) is 26.7. The maximum Gasteiger partial charge on any atom is 0.315 e. The number of nitrogens with zero attached hydrogens (tertiary/aromatic N) is 4. The number of β-lactam (4-membered cyclic amide) rings is 1. The fraction of sp³-hybridized carbons (Fsp3) is 0.524. The van der Waals surface area contributed by atoms with Crippen molar-refractivity contribution in [1.82, 2.24) is 19.6 Å². The van der Waals surface area contributed by atoms with Crippen molar-refractivity contribution in [3.8, 4) is 0 Å². The molecule has 14 nitrogen and oxygen atoms in total. The molecule has 198 valence electrons. The molecule has 1 aromatic rings. The van der Waals surface area contributed by atoms with E-state index in [0.717, 1.165) is 29.7 Å². The van der Waals surface area contributed by atoms with Gasteiger partial charge in [0, 0.05) is 23.8 Å². The Morgan fingerprint density at radius 3 is 2.78 bits per heavy atom. The highest BCUT2D eigenvalue weighted by Gasteiger charge is 2.58. The number of esters is 1. The molecule has 2 saturated heterocycles. The van der Waals surface area contributed by atoms with E-state index in [4.69, 9.17) is 15.3 Å². The Labute approximate surface area is 218 Å². The van der Waals surface area contributed by atoms with Crippen LogP contribution >= 0.6 is 23.3 Å². The van der Waals surface area contributed by atoms with Crippen molar-refractivity contribution >= 4 is 63.7 Å². The van der Waals surface area contributed by atoms with Crippen LogP contribution in [0.2, 0.25) is 0 Å². The molecule has 1 aliphatic carbocycles. The number of allylic oxidation sites excluding steroid dienone is 1. The lowest BCUT2D eigenvalue weighted by molar-refractivity contribution is -0.165. The van der Waals surface area contributed by atoms with Gasteiger partial charge in [-0.15, -0.1) is 11.8 Å². The number of nitrogens with one attached hydrogen (secondary N) is 1. The Morgan fingerprint density at radius 2 is 2.16 bits per heavy atom. The molecule has 2 amide bonds. The number of hydrogen-bond acceptors (Lipinski definition) is 13. The van der Waals surface area contributed by atoms with Gasteiger partial charge in [-0.05, 0) is 25.8 Å².